The number of hydrogen-bond acceptors (Lipinski definition) is 5. The fourth-order valence-corrected chi connectivity index (χ4v) is 4.35. The number of carbonyl (C=O) groups is 1. The van der Waals surface area contributed by atoms with Gasteiger partial charge in [0.1, 0.15) is 4.75 Å². The zero-order chi connectivity index (χ0) is 11.9. The topological polar surface area (TPSA) is 61.1 Å². The molecule has 3 nitrogen and oxygen atoms in total. The lowest BCUT2D eigenvalue weighted by Crippen LogP contribution is -2.21. The second kappa shape index (κ2) is 7.31. The third kappa shape index (κ3) is 6.98. The minimum atomic E-state index is -0.865. The van der Waals surface area contributed by atoms with Gasteiger partial charge in [0.25, 0.3) is 0 Å². The summed E-state index contributed by atoms with van der Waals surface area (Å²) in [6.07, 6.45) is 0.374. The van der Waals surface area contributed by atoms with Crippen molar-refractivity contribution in [2.45, 2.75) is 35.4 Å². The molecule has 1 N–H and O–H groups in total. The predicted octanol–water partition coefficient (Wildman–Crippen LogP) is 2.83. The van der Waals surface area contributed by atoms with E-state index in [9.17, 15) is 4.79 Å². The van der Waals surface area contributed by atoms with E-state index >= 15 is 0 Å². The van der Waals surface area contributed by atoms with Crippen LogP contribution in [0, 0.1) is 11.3 Å². The zero-order valence-electron chi connectivity index (χ0n) is 8.77. The van der Waals surface area contributed by atoms with Crippen LogP contribution in [0.25, 0.3) is 0 Å². The summed E-state index contributed by atoms with van der Waals surface area (Å²) in [4.78, 5) is 10.4. The first-order valence-corrected chi connectivity index (χ1v) is 6.98. The van der Waals surface area contributed by atoms with Crippen molar-refractivity contribution >= 4 is 42.1 Å². The number of carboxylic acids is 1. The molecule has 0 rings (SSSR count). The van der Waals surface area contributed by atoms with Gasteiger partial charge in [0.05, 0.1) is 9.98 Å². The predicted molar refractivity (Wildman–Crippen MR) is 69.4 cm³/mol. The van der Waals surface area contributed by atoms with Crippen molar-refractivity contribution in [3.8, 4) is 6.07 Å². The molecule has 0 aromatic carbocycles. The van der Waals surface area contributed by atoms with Crippen molar-refractivity contribution in [1.29, 1.82) is 5.26 Å². The average Bonchev–Trinajstić information content (AvgIpc) is 2.15. The maximum atomic E-state index is 10.4. The molecule has 0 aliphatic carbocycles. The molecule has 0 aromatic heterocycles. The van der Waals surface area contributed by atoms with Gasteiger partial charge < -0.3 is 5.11 Å². The third-order valence-electron chi connectivity index (χ3n) is 1.72. The summed E-state index contributed by atoms with van der Waals surface area (Å²) in [5.41, 5.74) is 0. The van der Waals surface area contributed by atoms with Crippen molar-refractivity contribution in [3.63, 3.8) is 0 Å². The van der Waals surface area contributed by atoms with Gasteiger partial charge in [-0.05, 0) is 19.1 Å². The molecule has 0 spiro atoms. The van der Waals surface area contributed by atoms with Crippen LogP contribution in [-0.4, -0.2) is 25.5 Å². The summed E-state index contributed by atoms with van der Waals surface area (Å²) < 4.78 is -0.638. The van der Waals surface area contributed by atoms with Crippen LogP contribution in [0.2, 0.25) is 0 Å². The van der Waals surface area contributed by atoms with Gasteiger partial charge in [-0.25, -0.2) is 0 Å². The van der Waals surface area contributed by atoms with Crippen molar-refractivity contribution in [1.82, 2.24) is 0 Å². The molecule has 2 unspecified atom stereocenters. The number of nitrogens with zero attached hydrogens (tertiary/aromatic N) is 1. The lowest BCUT2D eigenvalue weighted by atomic mass is 10.1. The number of rotatable bonds is 7. The monoisotopic (exact) mass is 265 g/mol. The highest BCUT2D eigenvalue weighted by Gasteiger charge is 2.28. The molecule has 15 heavy (non-hydrogen) atoms. The highest BCUT2D eigenvalue weighted by Crippen LogP contribution is 2.39. The quantitative estimate of drug-likeness (QED) is 0.547. The molecule has 0 amide bonds. The van der Waals surface area contributed by atoms with Gasteiger partial charge in [0.2, 0.25) is 0 Å². The molecule has 0 radical (unpaired) electrons. The minimum absolute atomic E-state index is 0.0217. The highest BCUT2D eigenvalue weighted by molar-refractivity contribution is 8.28. The van der Waals surface area contributed by atoms with E-state index < -0.39 is 10.7 Å². The molecule has 6 heteroatoms. The van der Waals surface area contributed by atoms with Gasteiger partial charge in [-0.15, -0.1) is 23.5 Å². The standard InChI is InChI=1S/C9H15NO2S3/c1-3-14-8(13)15-9(2,6-10)5-4-7(11)12/h8,13H,3-5H2,1-2H3,(H,11,12). The van der Waals surface area contributed by atoms with Crippen LogP contribution in [-0.2, 0) is 4.79 Å². The maximum Gasteiger partial charge on any atom is 0.303 e. The van der Waals surface area contributed by atoms with Gasteiger partial charge in [-0.1, -0.05) is 6.92 Å². The normalized spacial score (nSPS) is 16.4. The molecule has 2 atom stereocenters. The molecule has 0 saturated carbocycles. The first-order valence-electron chi connectivity index (χ1n) is 4.54. The molecule has 0 aliphatic heterocycles. The lowest BCUT2D eigenvalue weighted by Gasteiger charge is -2.23. The van der Waals surface area contributed by atoms with Crippen molar-refractivity contribution < 1.29 is 9.90 Å². The molecule has 0 saturated heterocycles. The number of thiol groups is 1. The Hall–Kier alpha value is 0.01000. The number of hydrogen-bond donors (Lipinski definition) is 2. The first kappa shape index (κ1) is 15.0. The fourth-order valence-electron chi connectivity index (χ4n) is 0.886. The summed E-state index contributed by atoms with van der Waals surface area (Å²) in [6.45, 7) is 3.79. The summed E-state index contributed by atoms with van der Waals surface area (Å²) in [6, 6.07) is 2.16. The number of carboxylic acid groups (broad SMARTS) is 1. The lowest BCUT2D eigenvalue weighted by molar-refractivity contribution is -0.137. The largest absolute Gasteiger partial charge is 0.481 e. The summed E-state index contributed by atoms with van der Waals surface area (Å²) in [5.74, 6) is 0.0673. The molecule has 0 aromatic rings. The smallest absolute Gasteiger partial charge is 0.303 e. The van der Waals surface area contributed by atoms with Crippen LogP contribution in [0.1, 0.15) is 26.7 Å². The molecule has 0 bridgehead atoms. The van der Waals surface area contributed by atoms with Gasteiger partial charge in [-0.2, -0.15) is 17.9 Å². The molecule has 86 valence electrons. The van der Waals surface area contributed by atoms with E-state index in [1.807, 2.05) is 6.92 Å². The second-order valence-corrected chi connectivity index (χ2v) is 7.62. The Morgan fingerprint density at radius 3 is 2.73 bits per heavy atom. The summed E-state index contributed by atoms with van der Waals surface area (Å²) in [5, 5.41) is 17.6. The Morgan fingerprint density at radius 2 is 2.33 bits per heavy atom. The van der Waals surface area contributed by atoms with Crippen LogP contribution >= 0.6 is 36.2 Å². The number of aliphatic carboxylic acids is 1. The maximum absolute atomic E-state index is 10.4. The van der Waals surface area contributed by atoms with Gasteiger partial charge in [-0.3, -0.25) is 4.79 Å². The Balaban J connectivity index is 4.19. The number of thioether (sulfide) groups is 2. The van der Waals surface area contributed by atoms with Crippen LogP contribution in [0.4, 0.5) is 0 Å². The van der Waals surface area contributed by atoms with E-state index in [0.717, 1.165) is 5.75 Å². The van der Waals surface area contributed by atoms with Crippen molar-refractivity contribution in [2.24, 2.45) is 0 Å². The van der Waals surface area contributed by atoms with Gasteiger partial charge >= 0.3 is 5.97 Å². The molecular formula is C9H15NO2S3. The van der Waals surface area contributed by atoms with Crippen LogP contribution in [0.15, 0.2) is 0 Å². The van der Waals surface area contributed by atoms with Crippen LogP contribution in [0.3, 0.4) is 0 Å². The molecule has 0 fully saturated rings. The number of nitriles is 1. The Bertz CT molecular complexity index is 254. The minimum Gasteiger partial charge on any atom is -0.481 e. The average molecular weight is 265 g/mol. The summed E-state index contributed by atoms with van der Waals surface area (Å²) in [7, 11) is 0. The molecular weight excluding hydrogens is 250 g/mol. The fraction of sp³-hybridized carbons (Fsp3) is 0.778. The summed E-state index contributed by atoms with van der Waals surface area (Å²) >= 11 is 7.38. The highest BCUT2D eigenvalue weighted by atomic mass is 32.3. The molecule has 0 aliphatic rings. The van der Waals surface area contributed by atoms with E-state index in [-0.39, 0.29) is 10.3 Å². The second-order valence-electron chi connectivity index (χ2n) is 3.12. The van der Waals surface area contributed by atoms with E-state index in [0.29, 0.717) is 6.42 Å². The Morgan fingerprint density at radius 1 is 1.73 bits per heavy atom. The van der Waals surface area contributed by atoms with Gasteiger partial charge in [0, 0.05) is 6.42 Å². The van der Waals surface area contributed by atoms with E-state index in [4.69, 9.17) is 10.4 Å². The van der Waals surface area contributed by atoms with Crippen molar-refractivity contribution in [3.05, 3.63) is 0 Å². The van der Waals surface area contributed by atoms with Crippen LogP contribution in [0.5, 0.6) is 0 Å². The van der Waals surface area contributed by atoms with E-state index in [2.05, 4.69) is 18.7 Å². The van der Waals surface area contributed by atoms with Crippen LogP contribution < -0.4 is 0 Å². The SMILES string of the molecule is CCSC(S)SC(C)(C#N)CCC(=O)O. The van der Waals surface area contributed by atoms with Gasteiger partial charge in [0.15, 0.2) is 0 Å². The third-order valence-corrected chi connectivity index (χ3v) is 4.82. The van der Waals surface area contributed by atoms with E-state index in [1.165, 1.54) is 11.8 Å². The first-order chi connectivity index (χ1) is 6.93. The van der Waals surface area contributed by atoms with E-state index in [1.54, 1.807) is 18.7 Å². The van der Waals surface area contributed by atoms with Crippen molar-refractivity contribution in [2.75, 3.05) is 5.75 Å². The Kier molecular flexibility index (Phi) is 7.32. The Labute approximate surface area is 104 Å². The zero-order valence-corrected chi connectivity index (χ0v) is 11.3. The molecule has 0 heterocycles.